The number of anilines is 1. The smallest absolute Gasteiger partial charge is 0.116 e. The van der Waals surface area contributed by atoms with E-state index in [-0.39, 0.29) is 6.17 Å². The molecule has 14 heavy (non-hydrogen) atoms. The summed E-state index contributed by atoms with van der Waals surface area (Å²) in [7, 11) is 0. The third kappa shape index (κ3) is 2.30. The molecule has 72 valence electrons. The van der Waals surface area contributed by atoms with E-state index in [1.807, 2.05) is 48.7 Å². The normalized spacial score (nSPS) is 19.1. The molecule has 0 spiro atoms. The lowest BCUT2D eigenvalue weighted by atomic mass is 10.3. The highest BCUT2D eigenvalue weighted by molar-refractivity contribution is 6.30. The maximum Gasteiger partial charge on any atom is 0.116 e. The van der Waals surface area contributed by atoms with Gasteiger partial charge in [0.15, 0.2) is 0 Å². The highest BCUT2D eigenvalue weighted by Gasteiger charge is 2.02. The molecule has 1 atom stereocenters. The van der Waals surface area contributed by atoms with Crippen LogP contribution in [0.2, 0.25) is 5.02 Å². The van der Waals surface area contributed by atoms with Gasteiger partial charge >= 0.3 is 0 Å². The SMILES string of the molecule is Clc1cccc(NC2C=CC=CN2)c1. The first-order valence-corrected chi connectivity index (χ1v) is 4.84. The Labute approximate surface area is 88.3 Å². The Morgan fingerprint density at radius 3 is 2.93 bits per heavy atom. The van der Waals surface area contributed by atoms with Crippen LogP contribution in [0.3, 0.4) is 0 Å². The molecule has 0 bridgehead atoms. The van der Waals surface area contributed by atoms with Gasteiger partial charge in [0.2, 0.25) is 0 Å². The third-order valence-corrected chi connectivity index (χ3v) is 2.17. The molecule has 0 fully saturated rings. The second kappa shape index (κ2) is 4.20. The van der Waals surface area contributed by atoms with Crippen LogP contribution in [0.5, 0.6) is 0 Å². The standard InChI is InChI=1S/C11H11ClN2/c12-9-4-3-5-10(8-9)14-11-6-1-2-7-13-11/h1-8,11,13-14H. The first kappa shape index (κ1) is 9.16. The first-order valence-electron chi connectivity index (χ1n) is 4.46. The van der Waals surface area contributed by atoms with Gasteiger partial charge in [0.25, 0.3) is 0 Å². The minimum atomic E-state index is 0.137. The van der Waals surface area contributed by atoms with Crippen LogP contribution in [0, 0.1) is 0 Å². The Bertz CT molecular complexity index is 371. The average Bonchev–Trinajstić information content (AvgIpc) is 2.19. The van der Waals surface area contributed by atoms with Gasteiger partial charge in [-0.3, -0.25) is 0 Å². The predicted octanol–water partition coefficient (Wildman–Crippen LogP) is 2.75. The van der Waals surface area contributed by atoms with Crippen LogP contribution in [-0.2, 0) is 0 Å². The van der Waals surface area contributed by atoms with Crippen LogP contribution in [0.25, 0.3) is 0 Å². The highest BCUT2D eigenvalue weighted by atomic mass is 35.5. The van der Waals surface area contributed by atoms with Crippen LogP contribution in [0.15, 0.2) is 48.7 Å². The molecule has 2 rings (SSSR count). The van der Waals surface area contributed by atoms with E-state index in [1.165, 1.54) is 0 Å². The maximum atomic E-state index is 5.87. The average molecular weight is 207 g/mol. The molecule has 0 amide bonds. The molecule has 0 aliphatic carbocycles. The lowest BCUT2D eigenvalue weighted by Gasteiger charge is -2.18. The van der Waals surface area contributed by atoms with Crippen LogP contribution in [0.1, 0.15) is 0 Å². The van der Waals surface area contributed by atoms with Crippen molar-refractivity contribution in [3.8, 4) is 0 Å². The van der Waals surface area contributed by atoms with E-state index in [2.05, 4.69) is 10.6 Å². The van der Waals surface area contributed by atoms with E-state index in [4.69, 9.17) is 11.6 Å². The molecule has 1 aliphatic heterocycles. The lowest BCUT2D eigenvalue weighted by molar-refractivity contribution is 0.775. The molecular weight excluding hydrogens is 196 g/mol. The van der Waals surface area contributed by atoms with Gasteiger partial charge < -0.3 is 10.6 Å². The summed E-state index contributed by atoms with van der Waals surface area (Å²) < 4.78 is 0. The number of hydrogen-bond donors (Lipinski definition) is 2. The molecule has 0 aromatic heterocycles. The Morgan fingerprint density at radius 1 is 1.29 bits per heavy atom. The van der Waals surface area contributed by atoms with Gasteiger partial charge in [-0.05, 0) is 36.6 Å². The molecular formula is C11H11ClN2. The van der Waals surface area contributed by atoms with Crippen molar-refractivity contribution >= 4 is 17.3 Å². The lowest BCUT2D eigenvalue weighted by Crippen LogP contribution is -2.31. The molecule has 1 unspecified atom stereocenters. The minimum Gasteiger partial charge on any atom is -0.368 e. The van der Waals surface area contributed by atoms with Crippen molar-refractivity contribution in [2.24, 2.45) is 0 Å². The number of dihydropyridines is 1. The number of allylic oxidation sites excluding steroid dienone is 2. The first-order chi connectivity index (χ1) is 6.84. The van der Waals surface area contributed by atoms with Crippen molar-refractivity contribution in [1.29, 1.82) is 0 Å². The van der Waals surface area contributed by atoms with Crippen molar-refractivity contribution in [2.75, 3.05) is 5.32 Å². The van der Waals surface area contributed by atoms with Crippen LogP contribution in [0.4, 0.5) is 5.69 Å². The van der Waals surface area contributed by atoms with E-state index in [9.17, 15) is 0 Å². The Morgan fingerprint density at radius 2 is 2.21 bits per heavy atom. The van der Waals surface area contributed by atoms with Gasteiger partial charge in [-0.15, -0.1) is 0 Å². The summed E-state index contributed by atoms with van der Waals surface area (Å²) in [6.45, 7) is 0. The third-order valence-electron chi connectivity index (χ3n) is 1.93. The summed E-state index contributed by atoms with van der Waals surface area (Å²) in [5.74, 6) is 0. The fraction of sp³-hybridized carbons (Fsp3) is 0.0909. The molecule has 1 aromatic carbocycles. The molecule has 0 saturated heterocycles. The van der Waals surface area contributed by atoms with E-state index in [0.717, 1.165) is 10.7 Å². The summed E-state index contributed by atoms with van der Waals surface area (Å²) in [4.78, 5) is 0. The molecule has 1 aromatic rings. The molecule has 1 heterocycles. The molecule has 1 aliphatic rings. The van der Waals surface area contributed by atoms with E-state index in [1.54, 1.807) is 0 Å². The van der Waals surface area contributed by atoms with E-state index in [0.29, 0.717) is 0 Å². The predicted molar refractivity (Wildman–Crippen MR) is 60.3 cm³/mol. The van der Waals surface area contributed by atoms with Crippen LogP contribution < -0.4 is 10.6 Å². The summed E-state index contributed by atoms with van der Waals surface area (Å²) in [6.07, 6.45) is 8.04. The summed E-state index contributed by atoms with van der Waals surface area (Å²) in [5, 5.41) is 7.19. The van der Waals surface area contributed by atoms with Gasteiger partial charge in [-0.2, -0.15) is 0 Å². The van der Waals surface area contributed by atoms with E-state index >= 15 is 0 Å². The molecule has 3 heteroatoms. The van der Waals surface area contributed by atoms with Gasteiger partial charge in [-0.25, -0.2) is 0 Å². The van der Waals surface area contributed by atoms with Gasteiger partial charge in [0.1, 0.15) is 6.17 Å². The fourth-order valence-corrected chi connectivity index (χ4v) is 1.48. The second-order valence-corrected chi connectivity index (χ2v) is 3.48. The zero-order valence-corrected chi connectivity index (χ0v) is 8.33. The second-order valence-electron chi connectivity index (χ2n) is 3.04. The summed E-state index contributed by atoms with van der Waals surface area (Å²) in [5.41, 5.74) is 1.01. The number of rotatable bonds is 2. The molecule has 0 radical (unpaired) electrons. The maximum absolute atomic E-state index is 5.87. The Kier molecular flexibility index (Phi) is 2.75. The zero-order chi connectivity index (χ0) is 9.80. The topological polar surface area (TPSA) is 24.1 Å². The quantitative estimate of drug-likeness (QED) is 0.778. The monoisotopic (exact) mass is 206 g/mol. The van der Waals surface area contributed by atoms with Crippen molar-refractivity contribution < 1.29 is 0 Å². The van der Waals surface area contributed by atoms with Crippen LogP contribution in [-0.4, -0.2) is 6.17 Å². The molecule has 2 nitrogen and oxygen atoms in total. The molecule has 2 N–H and O–H groups in total. The summed E-state index contributed by atoms with van der Waals surface area (Å²) in [6, 6.07) is 7.67. The van der Waals surface area contributed by atoms with E-state index < -0.39 is 0 Å². The number of hydrogen-bond acceptors (Lipinski definition) is 2. The van der Waals surface area contributed by atoms with Crippen LogP contribution >= 0.6 is 11.6 Å². The Balaban J connectivity index is 2.04. The largest absolute Gasteiger partial charge is 0.368 e. The minimum absolute atomic E-state index is 0.137. The molecule has 0 saturated carbocycles. The fourth-order valence-electron chi connectivity index (χ4n) is 1.29. The Hall–Kier alpha value is -1.41. The highest BCUT2D eigenvalue weighted by Crippen LogP contribution is 2.15. The number of halogens is 1. The van der Waals surface area contributed by atoms with Crippen molar-refractivity contribution in [2.45, 2.75) is 6.17 Å². The van der Waals surface area contributed by atoms with Crippen molar-refractivity contribution in [3.63, 3.8) is 0 Å². The van der Waals surface area contributed by atoms with Gasteiger partial charge in [0, 0.05) is 10.7 Å². The summed E-state index contributed by atoms with van der Waals surface area (Å²) >= 11 is 5.87. The van der Waals surface area contributed by atoms with Gasteiger partial charge in [0.05, 0.1) is 0 Å². The van der Waals surface area contributed by atoms with Crippen molar-refractivity contribution in [3.05, 3.63) is 53.7 Å². The van der Waals surface area contributed by atoms with Gasteiger partial charge in [-0.1, -0.05) is 23.7 Å². The zero-order valence-electron chi connectivity index (χ0n) is 7.57. The number of benzene rings is 1. The number of nitrogens with one attached hydrogen (secondary N) is 2. The van der Waals surface area contributed by atoms with Crippen molar-refractivity contribution in [1.82, 2.24) is 5.32 Å².